The molecule has 2 unspecified atom stereocenters. The van der Waals surface area contributed by atoms with E-state index < -0.39 is 12.1 Å². The highest BCUT2D eigenvalue weighted by molar-refractivity contribution is 5.96. The van der Waals surface area contributed by atoms with E-state index in [9.17, 15) is 14.4 Å². The van der Waals surface area contributed by atoms with Crippen molar-refractivity contribution in [1.82, 2.24) is 5.32 Å². The fraction of sp³-hybridized carbons (Fsp3) is 0.294. The largest absolute Gasteiger partial charge is 0.456 e. The Kier molecular flexibility index (Phi) is 5.89. The molecule has 5 N–H and O–H groups in total. The molecule has 1 fully saturated rings. The van der Waals surface area contributed by atoms with Crippen molar-refractivity contribution in [3.63, 3.8) is 0 Å². The Bertz CT molecular complexity index is 699. The third-order valence-corrected chi connectivity index (χ3v) is 3.69. The first-order valence-electron chi connectivity index (χ1n) is 7.74. The average molecular weight is 344 g/mol. The van der Waals surface area contributed by atoms with E-state index in [1.165, 1.54) is 6.08 Å². The molecule has 2 amide bonds. The van der Waals surface area contributed by atoms with Crippen LogP contribution >= 0.6 is 0 Å². The SMILES string of the molecule is C=CC1OC(=O)CC1NC(=O)CCC(=O)Nc1ccc(C(=N)N)cc1. The topological polar surface area (TPSA) is 134 Å². The van der Waals surface area contributed by atoms with Crippen molar-refractivity contribution in [3.8, 4) is 0 Å². The molecule has 1 aromatic rings. The van der Waals surface area contributed by atoms with Crippen molar-refractivity contribution < 1.29 is 19.1 Å². The first-order chi connectivity index (χ1) is 11.9. The summed E-state index contributed by atoms with van der Waals surface area (Å²) < 4.78 is 4.98. The monoisotopic (exact) mass is 344 g/mol. The van der Waals surface area contributed by atoms with Crippen LogP contribution in [0.3, 0.4) is 0 Å². The number of benzene rings is 1. The Hall–Kier alpha value is -3.16. The lowest BCUT2D eigenvalue weighted by Crippen LogP contribution is -2.39. The van der Waals surface area contributed by atoms with E-state index in [1.807, 2.05) is 0 Å². The standard InChI is InChI=1S/C17H20N4O4/c1-2-13-12(9-16(24)25-13)21-15(23)8-7-14(22)20-11-5-3-10(4-6-11)17(18)19/h2-6,12-13H,1,7-9H2,(H3,18,19)(H,20,22)(H,21,23). The number of esters is 1. The average Bonchev–Trinajstić information content (AvgIpc) is 2.93. The molecule has 0 radical (unpaired) electrons. The van der Waals surface area contributed by atoms with Gasteiger partial charge in [0.2, 0.25) is 11.8 Å². The van der Waals surface area contributed by atoms with Crippen LogP contribution in [0.1, 0.15) is 24.8 Å². The van der Waals surface area contributed by atoms with E-state index in [-0.39, 0.29) is 42.9 Å². The predicted molar refractivity (Wildman–Crippen MR) is 91.9 cm³/mol. The second kappa shape index (κ2) is 8.09. The molecule has 0 spiro atoms. The highest BCUT2D eigenvalue weighted by atomic mass is 16.6. The highest BCUT2D eigenvalue weighted by Crippen LogP contribution is 2.16. The molecule has 0 aliphatic carbocycles. The van der Waals surface area contributed by atoms with Crippen molar-refractivity contribution in [2.75, 3.05) is 5.32 Å². The van der Waals surface area contributed by atoms with Crippen molar-refractivity contribution in [1.29, 1.82) is 5.41 Å². The quantitative estimate of drug-likeness (QED) is 0.250. The minimum Gasteiger partial charge on any atom is -0.456 e. The van der Waals surface area contributed by atoms with Crippen LogP contribution in [0.25, 0.3) is 0 Å². The minimum atomic E-state index is -0.537. The molecular formula is C17H20N4O4. The molecular weight excluding hydrogens is 324 g/mol. The van der Waals surface area contributed by atoms with E-state index in [1.54, 1.807) is 24.3 Å². The van der Waals surface area contributed by atoms with Gasteiger partial charge in [0.15, 0.2) is 0 Å². The fourth-order valence-corrected chi connectivity index (χ4v) is 2.39. The van der Waals surface area contributed by atoms with Gasteiger partial charge in [0.05, 0.1) is 12.5 Å². The van der Waals surface area contributed by atoms with Gasteiger partial charge in [-0.15, -0.1) is 0 Å². The number of nitrogens with two attached hydrogens (primary N) is 1. The molecule has 1 aliphatic heterocycles. The molecule has 25 heavy (non-hydrogen) atoms. The lowest BCUT2D eigenvalue weighted by molar-refractivity contribution is -0.140. The molecule has 1 saturated heterocycles. The summed E-state index contributed by atoms with van der Waals surface area (Å²) in [7, 11) is 0. The Morgan fingerprint density at radius 3 is 2.52 bits per heavy atom. The van der Waals surface area contributed by atoms with Crippen molar-refractivity contribution in [2.45, 2.75) is 31.4 Å². The molecule has 1 heterocycles. The zero-order chi connectivity index (χ0) is 18.4. The fourth-order valence-electron chi connectivity index (χ4n) is 2.39. The van der Waals surface area contributed by atoms with Gasteiger partial charge >= 0.3 is 5.97 Å². The Morgan fingerprint density at radius 2 is 1.92 bits per heavy atom. The lowest BCUT2D eigenvalue weighted by Gasteiger charge is -2.15. The smallest absolute Gasteiger partial charge is 0.308 e. The van der Waals surface area contributed by atoms with Gasteiger partial charge in [0.25, 0.3) is 0 Å². The van der Waals surface area contributed by atoms with E-state index in [0.29, 0.717) is 11.3 Å². The van der Waals surface area contributed by atoms with Gasteiger partial charge in [-0.3, -0.25) is 19.8 Å². The number of anilines is 1. The van der Waals surface area contributed by atoms with E-state index in [2.05, 4.69) is 17.2 Å². The molecule has 132 valence electrons. The number of amidine groups is 1. The number of amides is 2. The van der Waals surface area contributed by atoms with Gasteiger partial charge < -0.3 is 21.1 Å². The first-order valence-corrected chi connectivity index (χ1v) is 7.74. The molecule has 2 rings (SSSR count). The van der Waals surface area contributed by atoms with Crippen LogP contribution in [0.15, 0.2) is 36.9 Å². The second-order valence-corrected chi connectivity index (χ2v) is 5.61. The summed E-state index contributed by atoms with van der Waals surface area (Å²) in [5, 5.41) is 12.6. The normalized spacial score (nSPS) is 19.0. The van der Waals surface area contributed by atoms with Gasteiger partial charge in [-0.1, -0.05) is 6.58 Å². The number of nitrogens with one attached hydrogen (secondary N) is 3. The molecule has 8 heteroatoms. The highest BCUT2D eigenvalue weighted by Gasteiger charge is 2.33. The Balaban J connectivity index is 1.77. The summed E-state index contributed by atoms with van der Waals surface area (Å²) in [5.74, 6) is -1.09. The van der Waals surface area contributed by atoms with Crippen LogP contribution in [0.2, 0.25) is 0 Å². The molecule has 1 aliphatic rings. The summed E-state index contributed by atoms with van der Waals surface area (Å²) >= 11 is 0. The Labute approximate surface area is 144 Å². The number of ether oxygens (including phenoxy) is 1. The third-order valence-electron chi connectivity index (χ3n) is 3.69. The van der Waals surface area contributed by atoms with Gasteiger partial charge in [-0.2, -0.15) is 0 Å². The number of nitrogen functional groups attached to an aromatic ring is 1. The summed E-state index contributed by atoms with van der Waals surface area (Å²) in [6, 6.07) is 6.06. The predicted octanol–water partition coefficient (Wildman–Crippen LogP) is 0.676. The summed E-state index contributed by atoms with van der Waals surface area (Å²) in [6.07, 6.45) is 1.02. The van der Waals surface area contributed by atoms with Crippen LogP contribution in [-0.2, 0) is 19.1 Å². The summed E-state index contributed by atoms with van der Waals surface area (Å²) in [4.78, 5) is 35.0. The first kappa shape index (κ1) is 18.2. The Morgan fingerprint density at radius 1 is 1.28 bits per heavy atom. The van der Waals surface area contributed by atoms with Crippen molar-refractivity contribution in [2.24, 2.45) is 5.73 Å². The number of rotatable bonds is 7. The van der Waals surface area contributed by atoms with Crippen molar-refractivity contribution >= 4 is 29.3 Å². The van der Waals surface area contributed by atoms with Crippen LogP contribution in [-0.4, -0.2) is 35.8 Å². The molecule has 0 bridgehead atoms. The molecule has 0 saturated carbocycles. The minimum absolute atomic E-state index is 0.000568. The molecule has 1 aromatic carbocycles. The maximum Gasteiger partial charge on any atom is 0.308 e. The number of carbonyl (C=O) groups is 3. The van der Waals surface area contributed by atoms with Crippen LogP contribution in [0.5, 0.6) is 0 Å². The molecule has 2 atom stereocenters. The van der Waals surface area contributed by atoms with Crippen LogP contribution < -0.4 is 16.4 Å². The number of carbonyl (C=O) groups excluding carboxylic acids is 3. The van der Waals surface area contributed by atoms with Crippen molar-refractivity contribution in [3.05, 3.63) is 42.5 Å². The van der Waals surface area contributed by atoms with E-state index in [4.69, 9.17) is 15.9 Å². The maximum absolute atomic E-state index is 11.9. The molecule has 0 aromatic heterocycles. The zero-order valence-corrected chi connectivity index (χ0v) is 13.6. The molecule has 8 nitrogen and oxygen atoms in total. The van der Waals surface area contributed by atoms with Gasteiger partial charge in [-0.05, 0) is 30.3 Å². The zero-order valence-electron chi connectivity index (χ0n) is 13.6. The number of cyclic esters (lactones) is 1. The maximum atomic E-state index is 11.9. The lowest BCUT2D eigenvalue weighted by atomic mass is 10.1. The van der Waals surface area contributed by atoms with Crippen LogP contribution in [0, 0.1) is 5.41 Å². The number of hydrogen-bond acceptors (Lipinski definition) is 5. The van der Waals surface area contributed by atoms with Gasteiger partial charge in [0.1, 0.15) is 11.9 Å². The van der Waals surface area contributed by atoms with Gasteiger partial charge in [0, 0.05) is 24.1 Å². The van der Waals surface area contributed by atoms with Crippen LogP contribution in [0.4, 0.5) is 5.69 Å². The number of hydrogen-bond donors (Lipinski definition) is 4. The van der Waals surface area contributed by atoms with E-state index >= 15 is 0 Å². The summed E-state index contributed by atoms with van der Waals surface area (Å²) in [5.41, 5.74) is 6.47. The van der Waals surface area contributed by atoms with Gasteiger partial charge in [-0.25, -0.2) is 0 Å². The third kappa shape index (κ3) is 5.17. The summed E-state index contributed by atoms with van der Waals surface area (Å²) in [6.45, 7) is 3.56. The van der Waals surface area contributed by atoms with E-state index in [0.717, 1.165) is 0 Å². The second-order valence-electron chi connectivity index (χ2n) is 5.61.